The summed E-state index contributed by atoms with van der Waals surface area (Å²) in [6.07, 6.45) is 1.53. The molecule has 0 saturated carbocycles. The second-order valence-corrected chi connectivity index (χ2v) is 12.7. The average molecular weight is 653 g/mol. The molecule has 3 N–H and O–H groups in total. The summed E-state index contributed by atoms with van der Waals surface area (Å²) in [5.41, 5.74) is 4.55. The Kier molecular flexibility index (Phi) is 10.5. The minimum Gasteiger partial charge on any atom is -0.321 e. The Labute approximate surface area is 274 Å². The van der Waals surface area contributed by atoms with Crippen LogP contribution in [0.3, 0.4) is 0 Å². The number of nitrogens with zero attached hydrogens (tertiary/aromatic N) is 1. The Bertz CT molecular complexity index is 1870. The van der Waals surface area contributed by atoms with Gasteiger partial charge in [0.25, 0.3) is 11.8 Å². The molecule has 0 aliphatic rings. The van der Waals surface area contributed by atoms with Crippen LogP contribution in [0.1, 0.15) is 26.4 Å². The van der Waals surface area contributed by atoms with Crippen LogP contribution in [0, 0.1) is 13.8 Å². The summed E-state index contributed by atoms with van der Waals surface area (Å²) in [4.78, 5) is 45.5. The van der Waals surface area contributed by atoms with Crippen LogP contribution < -0.4 is 16.0 Å². The number of halogens is 1. The van der Waals surface area contributed by atoms with E-state index in [-0.39, 0.29) is 17.4 Å². The number of thioether (sulfide) groups is 1. The fraction of sp³-hybridized carbons (Fsp3) is 0.0857. The first-order valence-electron chi connectivity index (χ1n) is 14.0. The predicted molar refractivity (Wildman–Crippen MR) is 185 cm³/mol. The van der Waals surface area contributed by atoms with Gasteiger partial charge in [-0.2, -0.15) is 0 Å². The maximum Gasteiger partial charge on any atom is 0.272 e. The largest absolute Gasteiger partial charge is 0.321 e. The lowest BCUT2D eigenvalue weighted by atomic mass is 10.1. The van der Waals surface area contributed by atoms with E-state index in [0.29, 0.717) is 27.0 Å². The van der Waals surface area contributed by atoms with E-state index in [2.05, 4.69) is 20.9 Å². The van der Waals surface area contributed by atoms with Crippen LogP contribution >= 0.6 is 34.7 Å². The number of carbonyl (C=O) groups is 3. The summed E-state index contributed by atoms with van der Waals surface area (Å²) >= 11 is 9.10. The van der Waals surface area contributed by atoms with E-state index in [0.717, 1.165) is 21.0 Å². The van der Waals surface area contributed by atoms with Crippen LogP contribution in [0.25, 0.3) is 17.3 Å². The Morgan fingerprint density at radius 3 is 2.36 bits per heavy atom. The highest BCUT2D eigenvalue weighted by molar-refractivity contribution is 8.00. The summed E-state index contributed by atoms with van der Waals surface area (Å²) in [6, 6.07) is 30.9. The van der Waals surface area contributed by atoms with E-state index >= 15 is 0 Å². The second-order valence-electron chi connectivity index (χ2n) is 10.0. The van der Waals surface area contributed by atoms with Crippen molar-refractivity contribution in [3.8, 4) is 11.3 Å². The molecule has 0 aliphatic heterocycles. The van der Waals surface area contributed by atoms with Gasteiger partial charge >= 0.3 is 0 Å². The maximum atomic E-state index is 13.4. The van der Waals surface area contributed by atoms with Gasteiger partial charge in [0.2, 0.25) is 5.91 Å². The van der Waals surface area contributed by atoms with Crippen molar-refractivity contribution in [1.29, 1.82) is 0 Å². The van der Waals surface area contributed by atoms with Gasteiger partial charge < -0.3 is 16.0 Å². The Hall–Kier alpha value is -4.70. The third kappa shape index (κ3) is 8.69. The lowest BCUT2D eigenvalue weighted by Gasteiger charge is -2.12. The van der Waals surface area contributed by atoms with Crippen molar-refractivity contribution >= 4 is 69.3 Å². The molecule has 4 aromatic carbocycles. The fourth-order valence-electron chi connectivity index (χ4n) is 4.29. The third-order valence-corrected chi connectivity index (χ3v) is 8.79. The summed E-state index contributed by atoms with van der Waals surface area (Å²) in [5.74, 6) is -0.989. The van der Waals surface area contributed by atoms with Gasteiger partial charge in [0.15, 0.2) is 5.13 Å². The standard InChI is InChI=1S/C35H29ClN4O3S2/c1-22-15-17-24(18-16-22)32-23(2)45-35(40-32)39-31(41)21-44-28-13-8-12-27(20-28)37-34(43)30(19-26-11-6-7-14-29(26)36)38-33(42)25-9-4-3-5-10-25/h3-20H,21H2,1-2H3,(H,37,43)(H,38,42)(H,39,40,41)/b30-19+. The van der Waals surface area contributed by atoms with E-state index in [1.165, 1.54) is 34.7 Å². The van der Waals surface area contributed by atoms with Crippen LogP contribution in [0.15, 0.2) is 114 Å². The van der Waals surface area contributed by atoms with E-state index in [4.69, 9.17) is 11.6 Å². The predicted octanol–water partition coefficient (Wildman–Crippen LogP) is 8.22. The molecule has 0 unspecified atom stereocenters. The normalized spacial score (nSPS) is 11.1. The van der Waals surface area contributed by atoms with Crippen LogP contribution in [-0.2, 0) is 9.59 Å². The van der Waals surface area contributed by atoms with Crippen molar-refractivity contribution < 1.29 is 14.4 Å². The molecule has 7 nitrogen and oxygen atoms in total. The smallest absolute Gasteiger partial charge is 0.272 e. The molecular formula is C35H29ClN4O3S2. The molecule has 45 heavy (non-hydrogen) atoms. The molecule has 0 radical (unpaired) electrons. The molecule has 1 heterocycles. The highest BCUT2D eigenvalue weighted by atomic mass is 35.5. The van der Waals surface area contributed by atoms with Gasteiger partial charge in [-0.3, -0.25) is 14.4 Å². The van der Waals surface area contributed by atoms with E-state index in [9.17, 15) is 14.4 Å². The minimum atomic E-state index is -0.525. The summed E-state index contributed by atoms with van der Waals surface area (Å²) in [5, 5.41) is 9.44. The minimum absolute atomic E-state index is 0.0261. The Morgan fingerprint density at radius 2 is 1.60 bits per heavy atom. The molecule has 5 rings (SSSR count). The molecule has 0 aliphatic carbocycles. The van der Waals surface area contributed by atoms with Gasteiger partial charge in [0.05, 0.1) is 11.4 Å². The first-order valence-corrected chi connectivity index (χ1v) is 16.1. The van der Waals surface area contributed by atoms with Crippen molar-refractivity contribution in [1.82, 2.24) is 10.3 Å². The van der Waals surface area contributed by atoms with Crippen LogP contribution in [0.4, 0.5) is 10.8 Å². The maximum absolute atomic E-state index is 13.4. The molecule has 226 valence electrons. The number of aromatic nitrogens is 1. The summed E-state index contributed by atoms with van der Waals surface area (Å²) in [7, 11) is 0. The number of rotatable bonds is 10. The quantitative estimate of drug-likeness (QED) is 0.104. The van der Waals surface area contributed by atoms with Crippen LogP contribution in [0.2, 0.25) is 5.02 Å². The van der Waals surface area contributed by atoms with Crippen LogP contribution in [-0.4, -0.2) is 28.5 Å². The second kappa shape index (κ2) is 14.9. The number of hydrogen-bond donors (Lipinski definition) is 3. The van der Waals surface area contributed by atoms with Gasteiger partial charge in [0, 0.05) is 31.6 Å². The van der Waals surface area contributed by atoms with Gasteiger partial charge in [-0.1, -0.05) is 83.9 Å². The summed E-state index contributed by atoms with van der Waals surface area (Å²) in [6.45, 7) is 4.02. The molecule has 5 aromatic rings. The number of amides is 3. The molecule has 10 heteroatoms. The van der Waals surface area contributed by atoms with Gasteiger partial charge in [-0.05, 0) is 61.9 Å². The molecule has 3 amide bonds. The number of hydrogen-bond acceptors (Lipinski definition) is 6. The van der Waals surface area contributed by atoms with E-state index < -0.39 is 11.8 Å². The number of benzene rings is 4. The van der Waals surface area contributed by atoms with Crippen molar-refractivity contribution in [2.75, 3.05) is 16.4 Å². The Balaban J connectivity index is 1.24. The van der Waals surface area contributed by atoms with Crippen LogP contribution in [0.5, 0.6) is 0 Å². The van der Waals surface area contributed by atoms with Crippen molar-refractivity contribution in [3.05, 3.63) is 135 Å². The number of carbonyl (C=O) groups excluding carboxylic acids is 3. The fourth-order valence-corrected chi connectivity index (χ4v) is 6.08. The van der Waals surface area contributed by atoms with Crippen molar-refractivity contribution in [2.24, 2.45) is 0 Å². The molecule has 0 atom stereocenters. The summed E-state index contributed by atoms with van der Waals surface area (Å²) < 4.78 is 0. The molecule has 0 spiro atoms. The number of thiazole rings is 1. The topological polar surface area (TPSA) is 100 Å². The molecule has 0 saturated heterocycles. The monoisotopic (exact) mass is 652 g/mol. The van der Waals surface area contributed by atoms with Gasteiger partial charge in [0.1, 0.15) is 5.70 Å². The molecule has 0 fully saturated rings. The first kappa shape index (κ1) is 31.7. The van der Waals surface area contributed by atoms with E-state index in [1.54, 1.807) is 72.8 Å². The molecule has 0 bridgehead atoms. The van der Waals surface area contributed by atoms with E-state index in [1.807, 2.05) is 44.2 Å². The molecular weight excluding hydrogens is 624 g/mol. The number of anilines is 2. The number of nitrogens with one attached hydrogen (secondary N) is 3. The lowest BCUT2D eigenvalue weighted by molar-refractivity contribution is -0.114. The van der Waals surface area contributed by atoms with Crippen molar-refractivity contribution in [3.63, 3.8) is 0 Å². The zero-order valence-corrected chi connectivity index (χ0v) is 26.9. The zero-order valence-electron chi connectivity index (χ0n) is 24.5. The number of aryl methyl sites for hydroxylation is 2. The third-order valence-electron chi connectivity index (χ3n) is 6.56. The van der Waals surface area contributed by atoms with Crippen molar-refractivity contribution in [2.45, 2.75) is 18.7 Å². The molecule has 1 aromatic heterocycles. The zero-order chi connectivity index (χ0) is 31.8. The SMILES string of the molecule is Cc1ccc(-c2nc(NC(=O)CSc3cccc(NC(=O)/C(=C\c4ccccc4Cl)NC(=O)c4ccccc4)c3)sc2C)cc1. The average Bonchev–Trinajstić information content (AvgIpc) is 3.40. The highest BCUT2D eigenvalue weighted by Crippen LogP contribution is 2.31. The highest BCUT2D eigenvalue weighted by Gasteiger charge is 2.17. The first-order chi connectivity index (χ1) is 21.7. The van der Waals surface area contributed by atoms with Gasteiger partial charge in [-0.15, -0.1) is 23.1 Å². The lowest BCUT2D eigenvalue weighted by Crippen LogP contribution is -2.30. The van der Waals surface area contributed by atoms with Gasteiger partial charge in [-0.25, -0.2) is 4.98 Å². The Morgan fingerprint density at radius 1 is 0.867 bits per heavy atom.